The molecular formula is C26H32FN3O3. The van der Waals surface area contributed by atoms with Crippen molar-refractivity contribution in [1.82, 2.24) is 9.88 Å². The normalized spacial score (nSPS) is 25.5. The molecule has 2 aromatic rings. The van der Waals surface area contributed by atoms with E-state index in [-0.39, 0.29) is 28.1 Å². The zero-order chi connectivity index (χ0) is 24.2. The topological polar surface area (TPSA) is 96.5 Å². The van der Waals surface area contributed by atoms with Gasteiger partial charge in [-0.25, -0.2) is 4.39 Å². The lowest BCUT2D eigenvalue weighted by Gasteiger charge is -2.40. The monoisotopic (exact) mass is 453 g/mol. The van der Waals surface area contributed by atoms with Crippen molar-refractivity contribution < 1.29 is 19.1 Å². The number of pyridine rings is 1. The molecule has 2 fully saturated rings. The first kappa shape index (κ1) is 23.4. The van der Waals surface area contributed by atoms with E-state index < -0.39 is 23.2 Å². The van der Waals surface area contributed by atoms with Gasteiger partial charge in [0.15, 0.2) is 5.60 Å². The molecule has 176 valence electrons. The van der Waals surface area contributed by atoms with Crippen LogP contribution in [0.1, 0.15) is 74.1 Å². The van der Waals surface area contributed by atoms with Crippen LogP contribution in [0.15, 0.2) is 36.5 Å². The smallest absolute Gasteiger partial charge is 0.267 e. The van der Waals surface area contributed by atoms with Crippen molar-refractivity contribution in [3.8, 4) is 0 Å². The number of carbonyl (C=O) groups excluding carboxylic acids is 2. The lowest BCUT2D eigenvalue weighted by Crippen LogP contribution is -2.48. The molecule has 1 aromatic carbocycles. The van der Waals surface area contributed by atoms with Crippen molar-refractivity contribution in [2.75, 3.05) is 6.54 Å². The molecule has 3 unspecified atom stereocenters. The number of halogens is 1. The molecule has 1 saturated heterocycles. The standard InChI is InChI=1S/C26H32FN3O3/c1-24(2)11-18-12-25(3,14-24)15-30(18)23(32)26(4,33)19-7-5-16(10-20(19)27)9-17-6-8-21(22(28)31)29-13-17/h5-8,10,13,18,33H,9,11-12,14-15H2,1-4H3,(H2,28,31). The highest BCUT2D eigenvalue weighted by Gasteiger charge is 2.53. The van der Waals surface area contributed by atoms with Crippen LogP contribution in [0.3, 0.4) is 0 Å². The summed E-state index contributed by atoms with van der Waals surface area (Å²) in [5.74, 6) is -1.67. The quantitative estimate of drug-likeness (QED) is 0.724. The first-order valence-electron chi connectivity index (χ1n) is 11.4. The van der Waals surface area contributed by atoms with Crippen LogP contribution in [0.2, 0.25) is 0 Å². The van der Waals surface area contributed by atoms with Crippen LogP contribution in [0.25, 0.3) is 0 Å². The second kappa shape index (κ2) is 7.90. The number of benzene rings is 1. The Balaban J connectivity index is 1.53. The fourth-order valence-corrected chi connectivity index (χ4v) is 6.07. The summed E-state index contributed by atoms with van der Waals surface area (Å²) >= 11 is 0. The SMILES string of the molecule is CC1(C)CC2CC(C)(CN2C(=O)C(C)(O)c2ccc(Cc3ccc(C(N)=O)nc3)cc2F)C1. The van der Waals surface area contributed by atoms with Gasteiger partial charge < -0.3 is 15.7 Å². The lowest BCUT2D eigenvalue weighted by molar-refractivity contribution is -0.152. The third kappa shape index (κ3) is 4.51. The number of likely N-dealkylation sites (tertiary alicyclic amines) is 1. The Morgan fingerprint density at radius 1 is 1.21 bits per heavy atom. The minimum atomic E-state index is -1.95. The molecule has 1 saturated carbocycles. The summed E-state index contributed by atoms with van der Waals surface area (Å²) in [6.45, 7) is 8.61. The van der Waals surface area contributed by atoms with E-state index >= 15 is 4.39 Å². The van der Waals surface area contributed by atoms with E-state index in [1.807, 2.05) is 0 Å². The number of fused-ring (bicyclic) bond motifs is 2. The predicted octanol–water partition coefficient (Wildman–Crippen LogP) is 3.55. The Labute approximate surface area is 194 Å². The Morgan fingerprint density at radius 2 is 1.91 bits per heavy atom. The van der Waals surface area contributed by atoms with Gasteiger partial charge in [0.25, 0.3) is 11.8 Å². The minimum absolute atomic E-state index is 0.0238. The van der Waals surface area contributed by atoms with E-state index in [0.29, 0.717) is 18.5 Å². The first-order valence-corrected chi connectivity index (χ1v) is 11.4. The van der Waals surface area contributed by atoms with Crippen LogP contribution in [-0.2, 0) is 16.8 Å². The maximum absolute atomic E-state index is 15.1. The van der Waals surface area contributed by atoms with Gasteiger partial charge in [-0.15, -0.1) is 0 Å². The number of aliphatic hydroxyl groups is 1. The molecule has 3 atom stereocenters. The Bertz CT molecular complexity index is 1100. The fourth-order valence-electron chi connectivity index (χ4n) is 6.07. The number of nitrogens with two attached hydrogens (primary N) is 1. The van der Waals surface area contributed by atoms with Gasteiger partial charge in [-0.2, -0.15) is 0 Å². The summed E-state index contributed by atoms with van der Waals surface area (Å²) in [5, 5.41) is 11.2. The van der Waals surface area contributed by atoms with Gasteiger partial charge in [0.05, 0.1) is 0 Å². The average molecular weight is 454 g/mol. The third-order valence-corrected chi connectivity index (χ3v) is 7.14. The van der Waals surface area contributed by atoms with Gasteiger partial charge >= 0.3 is 0 Å². The van der Waals surface area contributed by atoms with E-state index in [1.165, 1.54) is 31.3 Å². The van der Waals surface area contributed by atoms with Crippen LogP contribution >= 0.6 is 0 Å². The molecule has 1 aromatic heterocycles. The second-order valence-corrected chi connectivity index (χ2v) is 11.1. The molecule has 2 amide bonds. The van der Waals surface area contributed by atoms with E-state index in [9.17, 15) is 14.7 Å². The fraction of sp³-hybridized carbons (Fsp3) is 0.500. The van der Waals surface area contributed by atoms with E-state index in [4.69, 9.17) is 5.73 Å². The number of rotatable bonds is 5. The van der Waals surface area contributed by atoms with E-state index in [2.05, 4.69) is 25.8 Å². The van der Waals surface area contributed by atoms with Crippen LogP contribution in [-0.4, -0.2) is 39.4 Å². The van der Waals surface area contributed by atoms with Crippen LogP contribution < -0.4 is 5.73 Å². The number of amides is 2. The second-order valence-electron chi connectivity index (χ2n) is 11.1. The van der Waals surface area contributed by atoms with Gasteiger partial charge in [-0.3, -0.25) is 14.6 Å². The zero-order valence-electron chi connectivity index (χ0n) is 19.7. The molecule has 1 aliphatic heterocycles. The molecular weight excluding hydrogens is 421 g/mol. The van der Waals surface area contributed by atoms with Crippen molar-refractivity contribution in [3.63, 3.8) is 0 Å². The van der Waals surface area contributed by atoms with Crippen LogP contribution in [0.4, 0.5) is 4.39 Å². The number of hydrogen-bond acceptors (Lipinski definition) is 4. The molecule has 2 heterocycles. The van der Waals surface area contributed by atoms with Crippen LogP contribution in [0, 0.1) is 16.6 Å². The van der Waals surface area contributed by atoms with Crippen molar-refractivity contribution in [3.05, 3.63) is 64.7 Å². The van der Waals surface area contributed by atoms with Gasteiger partial charge in [0, 0.05) is 24.3 Å². The summed E-state index contributed by atoms with van der Waals surface area (Å²) in [4.78, 5) is 30.4. The molecule has 3 N–H and O–H groups in total. The van der Waals surface area contributed by atoms with E-state index in [1.54, 1.807) is 17.0 Å². The molecule has 1 aliphatic carbocycles. The number of primary amides is 1. The van der Waals surface area contributed by atoms with Gasteiger partial charge in [-0.1, -0.05) is 39.0 Å². The largest absolute Gasteiger partial charge is 0.375 e. The van der Waals surface area contributed by atoms with Crippen LogP contribution in [0.5, 0.6) is 0 Å². The molecule has 0 radical (unpaired) electrons. The van der Waals surface area contributed by atoms with Gasteiger partial charge in [-0.05, 0) is 66.7 Å². The molecule has 2 aliphatic rings. The molecule has 0 spiro atoms. The maximum Gasteiger partial charge on any atom is 0.267 e. The average Bonchev–Trinajstić information content (AvgIpc) is 2.96. The van der Waals surface area contributed by atoms with Crippen molar-refractivity contribution in [2.24, 2.45) is 16.6 Å². The summed E-state index contributed by atoms with van der Waals surface area (Å²) in [5.41, 5.74) is 5.01. The molecule has 7 heteroatoms. The third-order valence-electron chi connectivity index (χ3n) is 7.14. The molecule has 4 rings (SSSR count). The van der Waals surface area contributed by atoms with Crippen molar-refractivity contribution in [2.45, 2.75) is 65.0 Å². The van der Waals surface area contributed by atoms with Gasteiger partial charge in [0.1, 0.15) is 11.5 Å². The van der Waals surface area contributed by atoms with Gasteiger partial charge in [0.2, 0.25) is 0 Å². The maximum atomic E-state index is 15.1. The number of carbonyl (C=O) groups is 2. The lowest BCUT2D eigenvalue weighted by atomic mass is 9.65. The highest BCUT2D eigenvalue weighted by Crippen LogP contribution is 2.53. The zero-order valence-corrected chi connectivity index (χ0v) is 19.7. The Hall–Kier alpha value is -2.80. The summed E-state index contributed by atoms with van der Waals surface area (Å²) in [6.07, 6.45) is 4.75. The summed E-state index contributed by atoms with van der Waals surface area (Å²) in [6, 6.07) is 7.84. The number of nitrogens with zero attached hydrogens (tertiary/aromatic N) is 2. The Kier molecular flexibility index (Phi) is 5.60. The predicted molar refractivity (Wildman–Crippen MR) is 123 cm³/mol. The molecule has 2 bridgehead atoms. The molecule has 6 nitrogen and oxygen atoms in total. The van der Waals surface area contributed by atoms with Crippen molar-refractivity contribution in [1.29, 1.82) is 0 Å². The molecule has 33 heavy (non-hydrogen) atoms. The first-order chi connectivity index (χ1) is 15.3. The number of hydrogen-bond donors (Lipinski definition) is 2. The van der Waals surface area contributed by atoms with Crippen molar-refractivity contribution >= 4 is 11.8 Å². The number of aromatic nitrogens is 1. The summed E-state index contributed by atoms with van der Waals surface area (Å²) < 4.78 is 15.1. The minimum Gasteiger partial charge on any atom is -0.375 e. The highest BCUT2D eigenvalue weighted by molar-refractivity contribution is 5.90. The highest BCUT2D eigenvalue weighted by atomic mass is 19.1. The summed E-state index contributed by atoms with van der Waals surface area (Å²) in [7, 11) is 0. The van der Waals surface area contributed by atoms with E-state index in [0.717, 1.165) is 24.8 Å². The Morgan fingerprint density at radius 3 is 2.52 bits per heavy atom.